The number of amides is 1. The first-order chi connectivity index (χ1) is 10.3. The van der Waals surface area contributed by atoms with Gasteiger partial charge in [0.2, 0.25) is 0 Å². The molecule has 0 atom stereocenters. The number of anilines is 2. The number of hydrogen-bond donors (Lipinski definition) is 1. The van der Waals surface area contributed by atoms with Gasteiger partial charge in [-0.3, -0.25) is 14.8 Å². The largest absolute Gasteiger partial charge is 0.369 e. The van der Waals surface area contributed by atoms with E-state index < -0.39 is 0 Å². The third kappa shape index (κ3) is 3.75. The Bertz CT molecular complexity index is 588. The monoisotopic (exact) mass is 285 g/mol. The third-order valence-electron chi connectivity index (χ3n) is 2.95. The second kappa shape index (κ2) is 7.33. The number of carbonyl (C=O) groups excluding carboxylic acids is 1. The Morgan fingerprint density at radius 2 is 1.95 bits per heavy atom. The third-order valence-corrected chi connectivity index (χ3v) is 2.95. The standard InChI is InChI=1S/C15H19N5O/c1-3-7-18-14-11-17-10-13(19-14)15(21)20(4-2)12-5-8-16-9-6-12/h5-6,8-11H,3-4,7H2,1-2H3,(H,18,19). The Morgan fingerprint density at radius 3 is 2.62 bits per heavy atom. The zero-order chi connectivity index (χ0) is 15.1. The summed E-state index contributed by atoms with van der Waals surface area (Å²) in [5.74, 6) is 0.449. The minimum atomic E-state index is -0.170. The van der Waals surface area contributed by atoms with Gasteiger partial charge < -0.3 is 10.2 Å². The van der Waals surface area contributed by atoms with Crippen LogP contribution >= 0.6 is 0 Å². The molecular formula is C15H19N5O. The molecule has 0 saturated heterocycles. The minimum absolute atomic E-state index is 0.170. The van der Waals surface area contributed by atoms with Crippen molar-refractivity contribution in [3.05, 3.63) is 42.6 Å². The Balaban J connectivity index is 2.21. The smallest absolute Gasteiger partial charge is 0.278 e. The molecule has 0 aromatic carbocycles. The molecule has 0 bridgehead atoms. The molecule has 6 nitrogen and oxygen atoms in total. The summed E-state index contributed by atoms with van der Waals surface area (Å²) in [7, 11) is 0. The van der Waals surface area contributed by atoms with E-state index in [0.29, 0.717) is 18.1 Å². The molecule has 0 fully saturated rings. The second-order valence-electron chi connectivity index (χ2n) is 4.47. The molecule has 2 aromatic rings. The van der Waals surface area contributed by atoms with Gasteiger partial charge in [0.25, 0.3) is 5.91 Å². The SMILES string of the molecule is CCCNc1cncc(C(=O)N(CC)c2ccncc2)n1. The fourth-order valence-corrected chi connectivity index (χ4v) is 1.91. The van der Waals surface area contributed by atoms with Crippen molar-refractivity contribution in [1.29, 1.82) is 0 Å². The van der Waals surface area contributed by atoms with Crippen LogP contribution in [0.4, 0.5) is 11.5 Å². The summed E-state index contributed by atoms with van der Waals surface area (Å²) in [6, 6.07) is 3.60. The van der Waals surface area contributed by atoms with E-state index in [2.05, 4.69) is 27.2 Å². The summed E-state index contributed by atoms with van der Waals surface area (Å²) in [6.07, 6.45) is 7.42. The highest BCUT2D eigenvalue weighted by Crippen LogP contribution is 2.15. The van der Waals surface area contributed by atoms with Crippen LogP contribution in [0, 0.1) is 0 Å². The zero-order valence-electron chi connectivity index (χ0n) is 12.3. The Hall–Kier alpha value is -2.50. The average molecular weight is 285 g/mol. The summed E-state index contributed by atoms with van der Waals surface area (Å²) < 4.78 is 0. The number of nitrogens with one attached hydrogen (secondary N) is 1. The highest BCUT2D eigenvalue weighted by molar-refractivity contribution is 6.04. The molecule has 2 aromatic heterocycles. The first-order valence-corrected chi connectivity index (χ1v) is 7.04. The summed E-state index contributed by atoms with van der Waals surface area (Å²) >= 11 is 0. The maximum atomic E-state index is 12.6. The number of rotatable bonds is 6. The first-order valence-electron chi connectivity index (χ1n) is 7.04. The van der Waals surface area contributed by atoms with E-state index in [1.54, 1.807) is 35.6 Å². The van der Waals surface area contributed by atoms with Crippen LogP contribution in [-0.4, -0.2) is 33.9 Å². The van der Waals surface area contributed by atoms with Gasteiger partial charge >= 0.3 is 0 Å². The highest BCUT2D eigenvalue weighted by atomic mass is 16.2. The fraction of sp³-hybridized carbons (Fsp3) is 0.333. The quantitative estimate of drug-likeness (QED) is 0.882. The molecular weight excluding hydrogens is 266 g/mol. The van der Waals surface area contributed by atoms with Crippen molar-refractivity contribution in [2.75, 3.05) is 23.3 Å². The normalized spacial score (nSPS) is 10.2. The number of pyridine rings is 1. The van der Waals surface area contributed by atoms with Crippen LogP contribution in [0.5, 0.6) is 0 Å². The Labute approximate surface area is 124 Å². The van der Waals surface area contributed by atoms with Gasteiger partial charge in [-0.15, -0.1) is 0 Å². The Morgan fingerprint density at radius 1 is 1.19 bits per heavy atom. The van der Waals surface area contributed by atoms with Gasteiger partial charge in [0.05, 0.1) is 12.4 Å². The fourth-order valence-electron chi connectivity index (χ4n) is 1.91. The van der Waals surface area contributed by atoms with E-state index in [-0.39, 0.29) is 5.91 Å². The van der Waals surface area contributed by atoms with Crippen molar-refractivity contribution in [2.45, 2.75) is 20.3 Å². The van der Waals surface area contributed by atoms with Gasteiger partial charge in [0, 0.05) is 31.2 Å². The lowest BCUT2D eigenvalue weighted by molar-refractivity contribution is 0.0983. The van der Waals surface area contributed by atoms with E-state index in [0.717, 1.165) is 18.7 Å². The summed E-state index contributed by atoms with van der Waals surface area (Å²) in [5.41, 5.74) is 1.13. The van der Waals surface area contributed by atoms with E-state index in [4.69, 9.17) is 0 Å². The van der Waals surface area contributed by atoms with Crippen molar-refractivity contribution in [3.8, 4) is 0 Å². The lowest BCUT2D eigenvalue weighted by Crippen LogP contribution is -2.31. The molecule has 1 amide bonds. The van der Waals surface area contributed by atoms with Gasteiger partial charge in [0.15, 0.2) is 0 Å². The molecule has 0 aliphatic carbocycles. The van der Waals surface area contributed by atoms with Crippen LogP contribution in [0.25, 0.3) is 0 Å². The van der Waals surface area contributed by atoms with E-state index >= 15 is 0 Å². The van der Waals surface area contributed by atoms with Crippen LogP contribution < -0.4 is 10.2 Å². The molecule has 0 saturated carbocycles. The maximum Gasteiger partial charge on any atom is 0.278 e. The van der Waals surface area contributed by atoms with Crippen LogP contribution in [0.1, 0.15) is 30.8 Å². The molecule has 0 aliphatic rings. The topological polar surface area (TPSA) is 71.0 Å². The zero-order valence-corrected chi connectivity index (χ0v) is 12.3. The van der Waals surface area contributed by atoms with Crippen molar-refractivity contribution >= 4 is 17.4 Å². The summed E-state index contributed by atoms with van der Waals surface area (Å²) in [6.45, 7) is 5.34. The predicted molar refractivity (Wildman–Crippen MR) is 82.4 cm³/mol. The lowest BCUT2D eigenvalue weighted by Gasteiger charge is -2.20. The number of nitrogens with zero attached hydrogens (tertiary/aromatic N) is 4. The molecule has 0 radical (unpaired) electrons. The molecule has 0 spiro atoms. The molecule has 0 unspecified atom stereocenters. The summed E-state index contributed by atoms with van der Waals surface area (Å²) in [5, 5.41) is 3.13. The highest BCUT2D eigenvalue weighted by Gasteiger charge is 2.18. The van der Waals surface area contributed by atoms with Gasteiger partial charge in [-0.1, -0.05) is 6.92 Å². The molecule has 21 heavy (non-hydrogen) atoms. The average Bonchev–Trinajstić information content (AvgIpc) is 2.55. The molecule has 1 N–H and O–H groups in total. The first kappa shape index (κ1) is 14.9. The van der Waals surface area contributed by atoms with Crippen LogP contribution in [0.2, 0.25) is 0 Å². The van der Waals surface area contributed by atoms with Crippen LogP contribution in [0.3, 0.4) is 0 Å². The van der Waals surface area contributed by atoms with Crippen molar-refractivity contribution in [1.82, 2.24) is 15.0 Å². The van der Waals surface area contributed by atoms with Crippen LogP contribution in [0.15, 0.2) is 36.9 Å². The van der Waals surface area contributed by atoms with Gasteiger partial charge in [-0.2, -0.15) is 0 Å². The van der Waals surface area contributed by atoms with Crippen LogP contribution in [-0.2, 0) is 0 Å². The molecule has 0 aliphatic heterocycles. The number of hydrogen-bond acceptors (Lipinski definition) is 5. The van der Waals surface area contributed by atoms with E-state index in [1.165, 1.54) is 6.20 Å². The maximum absolute atomic E-state index is 12.6. The van der Waals surface area contributed by atoms with E-state index in [9.17, 15) is 4.79 Å². The van der Waals surface area contributed by atoms with Crippen molar-refractivity contribution < 1.29 is 4.79 Å². The second-order valence-corrected chi connectivity index (χ2v) is 4.47. The van der Waals surface area contributed by atoms with Gasteiger partial charge in [0.1, 0.15) is 11.5 Å². The number of carbonyl (C=O) groups is 1. The minimum Gasteiger partial charge on any atom is -0.369 e. The molecule has 110 valence electrons. The molecule has 2 heterocycles. The van der Waals surface area contributed by atoms with Gasteiger partial charge in [-0.05, 0) is 25.5 Å². The lowest BCUT2D eigenvalue weighted by atomic mass is 10.3. The predicted octanol–water partition coefficient (Wildman–Crippen LogP) is 2.36. The number of aromatic nitrogens is 3. The Kier molecular flexibility index (Phi) is 5.20. The van der Waals surface area contributed by atoms with Gasteiger partial charge in [-0.25, -0.2) is 4.98 Å². The summed E-state index contributed by atoms with van der Waals surface area (Å²) in [4.78, 5) is 26.6. The molecule has 2 rings (SSSR count). The van der Waals surface area contributed by atoms with Crippen molar-refractivity contribution in [2.24, 2.45) is 0 Å². The molecule has 6 heteroatoms. The van der Waals surface area contributed by atoms with E-state index in [1.807, 2.05) is 6.92 Å². The van der Waals surface area contributed by atoms with Crippen molar-refractivity contribution in [3.63, 3.8) is 0 Å².